The lowest BCUT2D eigenvalue weighted by molar-refractivity contribution is -0.117. The molecular formula is C23H17BrN2O5. The van der Waals surface area contributed by atoms with Crippen LogP contribution in [0.25, 0.3) is 17.4 Å². The van der Waals surface area contributed by atoms with E-state index in [1.54, 1.807) is 36.4 Å². The smallest absolute Gasteiger partial charge is 0.336 e. The minimum Gasteiger partial charge on any atom is -0.478 e. The fourth-order valence-corrected chi connectivity index (χ4v) is 3.61. The molecule has 0 saturated carbocycles. The van der Waals surface area contributed by atoms with Crippen molar-refractivity contribution in [3.05, 3.63) is 81.5 Å². The Kier molecular flexibility index (Phi) is 5.48. The minimum atomic E-state index is -1.09. The SMILES string of the molecule is CCc1ccc(N2NC(=O)C(=Cc3ccc(-c4ccc(Br)cc4C(=O)O)o3)C2=O)cc1. The monoisotopic (exact) mass is 480 g/mol. The number of nitrogens with zero attached hydrogens (tertiary/aromatic N) is 1. The standard InChI is InChI=1S/C23H17BrN2O5/c1-2-13-3-6-15(7-4-13)26-22(28)19(21(27)25-26)12-16-8-10-20(31-16)17-9-5-14(24)11-18(17)23(29)30/h3-12H,2H2,1H3,(H,25,27)(H,29,30). The second-order valence-corrected chi connectivity index (χ2v) is 7.77. The van der Waals surface area contributed by atoms with E-state index in [1.807, 2.05) is 19.1 Å². The van der Waals surface area contributed by atoms with E-state index in [1.165, 1.54) is 17.2 Å². The summed E-state index contributed by atoms with van der Waals surface area (Å²) in [6.07, 6.45) is 2.22. The van der Waals surface area contributed by atoms with Crippen LogP contribution in [0.3, 0.4) is 0 Å². The molecule has 1 fully saturated rings. The van der Waals surface area contributed by atoms with Gasteiger partial charge in [0.25, 0.3) is 11.8 Å². The molecule has 2 heterocycles. The number of hydrogen-bond donors (Lipinski definition) is 2. The maximum Gasteiger partial charge on any atom is 0.336 e. The number of carbonyl (C=O) groups excluding carboxylic acids is 2. The van der Waals surface area contributed by atoms with Gasteiger partial charge in [0.05, 0.1) is 11.3 Å². The number of benzene rings is 2. The van der Waals surface area contributed by atoms with Crippen LogP contribution in [0.15, 0.2) is 69.1 Å². The molecule has 7 nitrogen and oxygen atoms in total. The van der Waals surface area contributed by atoms with Gasteiger partial charge in [0, 0.05) is 10.0 Å². The van der Waals surface area contributed by atoms with E-state index in [4.69, 9.17) is 4.42 Å². The number of nitrogens with one attached hydrogen (secondary N) is 1. The van der Waals surface area contributed by atoms with E-state index >= 15 is 0 Å². The molecule has 3 aromatic rings. The number of amides is 2. The van der Waals surface area contributed by atoms with Gasteiger partial charge in [-0.25, -0.2) is 9.80 Å². The van der Waals surface area contributed by atoms with Crippen molar-refractivity contribution in [2.75, 3.05) is 5.01 Å². The molecule has 8 heteroatoms. The average Bonchev–Trinajstić information content (AvgIpc) is 3.34. The molecule has 2 amide bonds. The zero-order chi connectivity index (χ0) is 22.1. The highest BCUT2D eigenvalue weighted by Crippen LogP contribution is 2.30. The van der Waals surface area contributed by atoms with Gasteiger partial charge >= 0.3 is 5.97 Å². The third-order valence-corrected chi connectivity index (χ3v) is 5.38. The van der Waals surface area contributed by atoms with Gasteiger partial charge in [0.1, 0.15) is 17.1 Å². The van der Waals surface area contributed by atoms with E-state index in [0.29, 0.717) is 21.5 Å². The molecule has 1 aliphatic heterocycles. The lowest BCUT2D eigenvalue weighted by Crippen LogP contribution is -2.35. The fraction of sp³-hybridized carbons (Fsp3) is 0.0870. The van der Waals surface area contributed by atoms with Crippen molar-refractivity contribution in [3.8, 4) is 11.3 Å². The number of aryl methyl sites for hydroxylation is 1. The number of anilines is 1. The van der Waals surface area contributed by atoms with Gasteiger partial charge in [-0.2, -0.15) is 0 Å². The Morgan fingerprint density at radius 3 is 2.55 bits per heavy atom. The molecule has 1 aliphatic rings. The van der Waals surface area contributed by atoms with Gasteiger partial charge < -0.3 is 9.52 Å². The molecule has 0 aliphatic carbocycles. The second kappa shape index (κ2) is 8.23. The van der Waals surface area contributed by atoms with E-state index in [9.17, 15) is 19.5 Å². The lowest BCUT2D eigenvalue weighted by atomic mass is 10.1. The van der Waals surface area contributed by atoms with Crippen LogP contribution < -0.4 is 10.4 Å². The predicted molar refractivity (Wildman–Crippen MR) is 118 cm³/mol. The molecule has 2 aromatic carbocycles. The number of carboxylic acid groups (broad SMARTS) is 1. The van der Waals surface area contributed by atoms with Crippen LogP contribution in [0.1, 0.15) is 28.6 Å². The summed E-state index contributed by atoms with van der Waals surface area (Å²) >= 11 is 3.26. The van der Waals surface area contributed by atoms with Crippen LogP contribution in [0, 0.1) is 0 Å². The Bertz CT molecular complexity index is 1230. The Hall–Kier alpha value is -3.65. The number of furan rings is 1. The molecule has 1 aromatic heterocycles. The highest BCUT2D eigenvalue weighted by atomic mass is 79.9. The zero-order valence-corrected chi connectivity index (χ0v) is 18.0. The summed E-state index contributed by atoms with van der Waals surface area (Å²) in [4.78, 5) is 36.7. The largest absolute Gasteiger partial charge is 0.478 e. The Morgan fingerprint density at radius 2 is 1.87 bits per heavy atom. The fourth-order valence-electron chi connectivity index (χ4n) is 3.25. The van der Waals surface area contributed by atoms with Gasteiger partial charge in [0.2, 0.25) is 0 Å². The van der Waals surface area contributed by atoms with E-state index in [-0.39, 0.29) is 16.9 Å². The van der Waals surface area contributed by atoms with Gasteiger partial charge in [-0.05, 0) is 60.5 Å². The summed E-state index contributed by atoms with van der Waals surface area (Å²) in [6.45, 7) is 2.03. The van der Waals surface area contributed by atoms with Crippen LogP contribution in [0.4, 0.5) is 5.69 Å². The Balaban J connectivity index is 1.63. The first-order chi connectivity index (χ1) is 14.9. The summed E-state index contributed by atoms with van der Waals surface area (Å²) in [5.74, 6) is -1.56. The lowest BCUT2D eigenvalue weighted by Gasteiger charge is -2.14. The van der Waals surface area contributed by atoms with Crippen molar-refractivity contribution in [2.24, 2.45) is 0 Å². The van der Waals surface area contributed by atoms with Crippen LogP contribution in [0.5, 0.6) is 0 Å². The van der Waals surface area contributed by atoms with Gasteiger partial charge in [-0.15, -0.1) is 0 Å². The van der Waals surface area contributed by atoms with Crippen molar-refractivity contribution in [1.82, 2.24) is 5.43 Å². The second-order valence-electron chi connectivity index (χ2n) is 6.86. The summed E-state index contributed by atoms with van der Waals surface area (Å²) in [6, 6.07) is 15.3. The quantitative estimate of drug-likeness (QED) is 0.415. The first kappa shape index (κ1) is 20.6. The summed E-state index contributed by atoms with van der Waals surface area (Å²) < 4.78 is 6.35. The summed E-state index contributed by atoms with van der Waals surface area (Å²) in [7, 11) is 0. The molecule has 4 rings (SSSR count). The number of aromatic carboxylic acids is 1. The number of hydrogen-bond acceptors (Lipinski definition) is 4. The topological polar surface area (TPSA) is 99.8 Å². The molecule has 0 radical (unpaired) electrons. The number of halogens is 1. The highest BCUT2D eigenvalue weighted by molar-refractivity contribution is 9.10. The normalized spacial score (nSPS) is 14.9. The van der Waals surface area contributed by atoms with Crippen molar-refractivity contribution in [2.45, 2.75) is 13.3 Å². The van der Waals surface area contributed by atoms with Crippen molar-refractivity contribution < 1.29 is 23.9 Å². The first-order valence-corrected chi connectivity index (χ1v) is 10.3. The van der Waals surface area contributed by atoms with Crippen LogP contribution >= 0.6 is 15.9 Å². The van der Waals surface area contributed by atoms with Gasteiger partial charge in [-0.1, -0.05) is 35.0 Å². The molecule has 0 spiro atoms. The maximum atomic E-state index is 12.8. The molecule has 1 saturated heterocycles. The number of carboxylic acids is 1. The number of rotatable bonds is 5. The molecular weight excluding hydrogens is 464 g/mol. The minimum absolute atomic E-state index is 0.0688. The third-order valence-electron chi connectivity index (χ3n) is 4.89. The average molecular weight is 481 g/mol. The maximum absolute atomic E-state index is 12.8. The number of hydrazine groups is 1. The summed E-state index contributed by atoms with van der Waals surface area (Å²) in [5.41, 5.74) is 4.61. The van der Waals surface area contributed by atoms with E-state index in [2.05, 4.69) is 21.4 Å². The predicted octanol–water partition coefficient (Wildman–Crippen LogP) is 4.43. The first-order valence-electron chi connectivity index (χ1n) is 9.46. The molecule has 31 heavy (non-hydrogen) atoms. The van der Waals surface area contributed by atoms with Crippen molar-refractivity contribution in [1.29, 1.82) is 0 Å². The Morgan fingerprint density at radius 1 is 1.13 bits per heavy atom. The van der Waals surface area contributed by atoms with Crippen LogP contribution in [-0.4, -0.2) is 22.9 Å². The van der Waals surface area contributed by atoms with Gasteiger partial charge in [0.15, 0.2) is 0 Å². The van der Waals surface area contributed by atoms with Crippen molar-refractivity contribution >= 4 is 45.5 Å². The van der Waals surface area contributed by atoms with Crippen molar-refractivity contribution in [3.63, 3.8) is 0 Å². The molecule has 0 bridgehead atoms. The molecule has 0 atom stereocenters. The number of carbonyl (C=O) groups is 3. The highest BCUT2D eigenvalue weighted by Gasteiger charge is 2.34. The molecule has 156 valence electrons. The van der Waals surface area contributed by atoms with Gasteiger partial charge in [-0.3, -0.25) is 15.0 Å². The van der Waals surface area contributed by atoms with E-state index < -0.39 is 17.8 Å². The molecule has 0 unspecified atom stereocenters. The van der Waals surface area contributed by atoms with Crippen LogP contribution in [0.2, 0.25) is 0 Å². The van der Waals surface area contributed by atoms with E-state index in [0.717, 1.165) is 12.0 Å². The zero-order valence-electron chi connectivity index (χ0n) is 16.4. The van der Waals surface area contributed by atoms with Crippen LogP contribution in [-0.2, 0) is 16.0 Å². The third kappa shape index (κ3) is 4.02. The Labute approximate surface area is 186 Å². The molecule has 2 N–H and O–H groups in total. The summed E-state index contributed by atoms with van der Waals surface area (Å²) in [5, 5.41) is 10.6.